The van der Waals surface area contributed by atoms with Crippen molar-refractivity contribution in [2.45, 2.75) is 33.2 Å². The third kappa shape index (κ3) is 3.29. The van der Waals surface area contributed by atoms with E-state index in [1.165, 1.54) is 6.20 Å². The number of aromatic nitrogens is 1. The van der Waals surface area contributed by atoms with E-state index < -0.39 is 5.97 Å². The molecular weight excluding hydrogens is 252 g/mol. The minimum Gasteiger partial charge on any atom is -0.461 e. The quantitative estimate of drug-likeness (QED) is 0.769. The van der Waals surface area contributed by atoms with Gasteiger partial charge in [0.15, 0.2) is 0 Å². The molecule has 0 saturated heterocycles. The first kappa shape index (κ1) is 14.6. The van der Waals surface area contributed by atoms with Gasteiger partial charge in [0.25, 0.3) is 5.91 Å². The van der Waals surface area contributed by atoms with Crippen LogP contribution in [0, 0.1) is 0 Å². The van der Waals surface area contributed by atoms with Gasteiger partial charge in [0.2, 0.25) is 5.01 Å². The molecule has 18 heavy (non-hydrogen) atoms. The Morgan fingerprint density at radius 1 is 1.50 bits per heavy atom. The number of nitrogens with zero attached hydrogens (tertiary/aromatic N) is 2. The van der Waals surface area contributed by atoms with E-state index in [1.807, 2.05) is 13.8 Å². The standard InChI is InChI=1S/C12H18N2O3S/c1-5-8(3)14(4)11(15)9-7-13-10(18-9)12(16)17-6-2/h7-8H,5-6H2,1-4H3. The Morgan fingerprint density at radius 3 is 2.72 bits per heavy atom. The fraction of sp³-hybridized carbons (Fsp3) is 0.583. The average Bonchev–Trinajstić information content (AvgIpc) is 2.86. The van der Waals surface area contributed by atoms with Crippen molar-refractivity contribution in [1.82, 2.24) is 9.88 Å². The molecule has 1 amide bonds. The highest BCUT2D eigenvalue weighted by Gasteiger charge is 2.21. The van der Waals surface area contributed by atoms with E-state index in [4.69, 9.17) is 4.74 Å². The highest BCUT2D eigenvalue weighted by atomic mass is 32.1. The summed E-state index contributed by atoms with van der Waals surface area (Å²) in [6, 6.07) is 0.158. The SMILES string of the molecule is CCOC(=O)c1ncc(C(=O)N(C)C(C)CC)s1. The number of hydrogen-bond donors (Lipinski definition) is 0. The molecule has 0 radical (unpaired) electrons. The molecule has 0 saturated carbocycles. The molecular formula is C12H18N2O3S. The van der Waals surface area contributed by atoms with Crippen molar-refractivity contribution < 1.29 is 14.3 Å². The molecule has 0 N–H and O–H groups in total. The van der Waals surface area contributed by atoms with E-state index in [-0.39, 0.29) is 17.0 Å². The molecule has 1 rings (SSSR count). The lowest BCUT2D eigenvalue weighted by atomic mass is 10.2. The number of esters is 1. The highest BCUT2D eigenvalue weighted by molar-refractivity contribution is 7.15. The first-order valence-electron chi connectivity index (χ1n) is 5.91. The van der Waals surface area contributed by atoms with Crippen molar-refractivity contribution in [2.24, 2.45) is 0 Å². The number of carbonyl (C=O) groups excluding carboxylic acids is 2. The minimum absolute atomic E-state index is 0.114. The molecule has 100 valence electrons. The van der Waals surface area contributed by atoms with Gasteiger partial charge < -0.3 is 9.64 Å². The van der Waals surface area contributed by atoms with E-state index in [0.717, 1.165) is 17.8 Å². The Labute approximate surface area is 111 Å². The number of ether oxygens (including phenoxy) is 1. The van der Waals surface area contributed by atoms with Gasteiger partial charge in [0.1, 0.15) is 4.88 Å². The Balaban J connectivity index is 2.79. The van der Waals surface area contributed by atoms with Crippen LogP contribution in [0.3, 0.4) is 0 Å². The normalized spacial score (nSPS) is 12.0. The summed E-state index contributed by atoms with van der Waals surface area (Å²) in [6.07, 6.45) is 2.31. The zero-order valence-electron chi connectivity index (χ0n) is 11.1. The van der Waals surface area contributed by atoms with Gasteiger partial charge in [-0.3, -0.25) is 4.79 Å². The monoisotopic (exact) mass is 270 g/mol. The van der Waals surface area contributed by atoms with Gasteiger partial charge in [0.05, 0.1) is 12.8 Å². The van der Waals surface area contributed by atoms with Crippen LogP contribution in [0.5, 0.6) is 0 Å². The van der Waals surface area contributed by atoms with Crippen LogP contribution < -0.4 is 0 Å². The molecule has 1 atom stereocenters. The van der Waals surface area contributed by atoms with Crippen LogP contribution in [0.15, 0.2) is 6.20 Å². The zero-order chi connectivity index (χ0) is 13.7. The van der Waals surface area contributed by atoms with E-state index in [0.29, 0.717) is 11.5 Å². The smallest absolute Gasteiger partial charge is 0.367 e. The number of carbonyl (C=O) groups is 2. The summed E-state index contributed by atoms with van der Waals surface area (Å²) >= 11 is 1.07. The summed E-state index contributed by atoms with van der Waals surface area (Å²) in [5.41, 5.74) is 0. The largest absolute Gasteiger partial charge is 0.461 e. The van der Waals surface area contributed by atoms with Crippen molar-refractivity contribution in [3.63, 3.8) is 0 Å². The number of thiazole rings is 1. The Morgan fingerprint density at radius 2 is 2.17 bits per heavy atom. The van der Waals surface area contributed by atoms with Crippen LogP contribution in [0.25, 0.3) is 0 Å². The van der Waals surface area contributed by atoms with Gasteiger partial charge in [-0.2, -0.15) is 0 Å². The molecule has 0 spiro atoms. The summed E-state index contributed by atoms with van der Waals surface area (Å²) in [5, 5.41) is 0.220. The van der Waals surface area contributed by atoms with E-state index in [2.05, 4.69) is 4.98 Å². The average molecular weight is 270 g/mol. The Kier molecular flexibility index (Phi) is 5.27. The van der Waals surface area contributed by atoms with Crippen molar-refractivity contribution in [3.05, 3.63) is 16.1 Å². The van der Waals surface area contributed by atoms with Gasteiger partial charge in [-0.25, -0.2) is 9.78 Å². The fourth-order valence-corrected chi connectivity index (χ4v) is 2.10. The molecule has 1 unspecified atom stereocenters. The second-order valence-corrected chi connectivity index (χ2v) is 4.95. The molecule has 1 aromatic rings. The molecule has 1 aromatic heterocycles. The van der Waals surface area contributed by atoms with Gasteiger partial charge in [-0.05, 0) is 20.3 Å². The third-order valence-corrected chi connectivity index (χ3v) is 3.70. The number of amides is 1. The van der Waals surface area contributed by atoms with Crippen LogP contribution in [0.1, 0.15) is 46.7 Å². The van der Waals surface area contributed by atoms with Crippen LogP contribution >= 0.6 is 11.3 Å². The van der Waals surface area contributed by atoms with Crippen molar-refractivity contribution in [3.8, 4) is 0 Å². The molecule has 0 aliphatic heterocycles. The second-order valence-electron chi connectivity index (χ2n) is 3.92. The van der Waals surface area contributed by atoms with Crippen molar-refractivity contribution in [1.29, 1.82) is 0 Å². The van der Waals surface area contributed by atoms with Gasteiger partial charge in [-0.1, -0.05) is 6.92 Å². The number of rotatable bonds is 5. The maximum absolute atomic E-state index is 12.1. The summed E-state index contributed by atoms with van der Waals surface area (Å²) in [4.78, 5) is 29.6. The maximum atomic E-state index is 12.1. The van der Waals surface area contributed by atoms with Gasteiger partial charge >= 0.3 is 5.97 Å². The minimum atomic E-state index is -0.479. The van der Waals surface area contributed by atoms with Gasteiger partial charge in [-0.15, -0.1) is 11.3 Å². The topological polar surface area (TPSA) is 59.5 Å². The lowest BCUT2D eigenvalue weighted by molar-refractivity contribution is 0.0525. The highest BCUT2D eigenvalue weighted by Crippen LogP contribution is 2.17. The summed E-state index contributed by atoms with van der Waals surface area (Å²) in [6.45, 7) is 6.03. The first-order valence-corrected chi connectivity index (χ1v) is 6.73. The lowest BCUT2D eigenvalue weighted by Crippen LogP contribution is -2.34. The predicted octanol–water partition coefficient (Wildman–Crippen LogP) is 2.19. The summed E-state index contributed by atoms with van der Waals surface area (Å²) in [5.74, 6) is -0.592. The van der Waals surface area contributed by atoms with Crippen molar-refractivity contribution >= 4 is 23.2 Å². The van der Waals surface area contributed by atoms with Gasteiger partial charge in [0, 0.05) is 13.1 Å². The molecule has 0 aromatic carbocycles. The maximum Gasteiger partial charge on any atom is 0.367 e. The summed E-state index contributed by atoms with van der Waals surface area (Å²) in [7, 11) is 1.75. The van der Waals surface area contributed by atoms with Crippen LogP contribution in [0.4, 0.5) is 0 Å². The van der Waals surface area contributed by atoms with E-state index in [1.54, 1.807) is 18.9 Å². The molecule has 5 nitrogen and oxygen atoms in total. The third-order valence-electron chi connectivity index (χ3n) is 2.74. The molecule has 0 aliphatic carbocycles. The lowest BCUT2D eigenvalue weighted by Gasteiger charge is -2.22. The molecule has 0 bridgehead atoms. The van der Waals surface area contributed by atoms with E-state index >= 15 is 0 Å². The van der Waals surface area contributed by atoms with Crippen LogP contribution in [-0.2, 0) is 4.74 Å². The fourth-order valence-electron chi connectivity index (χ4n) is 1.31. The zero-order valence-corrected chi connectivity index (χ0v) is 11.9. The van der Waals surface area contributed by atoms with Crippen molar-refractivity contribution in [2.75, 3.05) is 13.7 Å². The Bertz CT molecular complexity index is 431. The van der Waals surface area contributed by atoms with Crippen LogP contribution in [-0.4, -0.2) is 41.5 Å². The summed E-state index contributed by atoms with van der Waals surface area (Å²) < 4.78 is 4.83. The molecule has 0 fully saturated rings. The molecule has 6 heteroatoms. The molecule has 1 heterocycles. The Hall–Kier alpha value is -1.43. The second kappa shape index (κ2) is 6.49. The molecule has 0 aliphatic rings. The number of hydrogen-bond acceptors (Lipinski definition) is 5. The first-order chi connectivity index (χ1) is 8.51. The predicted molar refractivity (Wildman–Crippen MR) is 69.9 cm³/mol. The van der Waals surface area contributed by atoms with Crippen LogP contribution in [0.2, 0.25) is 0 Å². The van der Waals surface area contributed by atoms with E-state index in [9.17, 15) is 9.59 Å².